The average molecular weight is 255 g/mol. The van der Waals surface area contributed by atoms with Gasteiger partial charge in [-0.25, -0.2) is 0 Å². The molecule has 3 N–H and O–H groups in total. The molecule has 1 aliphatic rings. The fraction of sp³-hybridized carbons (Fsp3) is 0.923. The Labute approximate surface area is 111 Å². The van der Waals surface area contributed by atoms with E-state index in [1.807, 2.05) is 0 Å². The van der Waals surface area contributed by atoms with Crippen molar-refractivity contribution in [2.24, 2.45) is 10.7 Å². The molecule has 1 rings (SSSR count). The highest BCUT2D eigenvalue weighted by molar-refractivity contribution is 5.77. The minimum atomic E-state index is 0.583. The largest absolute Gasteiger partial charge is 0.370 e. The fourth-order valence-corrected chi connectivity index (χ4v) is 2.29. The lowest BCUT2D eigenvalue weighted by atomic mass is 10.0. The molecule has 0 aromatic rings. The number of likely N-dealkylation sites (tertiary alicyclic amines) is 1. The second-order valence-electron chi connectivity index (χ2n) is 5.23. The number of nitrogens with zero attached hydrogens (tertiary/aromatic N) is 3. The van der Waals surface area contributed by atoms with Crippen molar-refractivity contribution in [1.82, 2.24) is 15.1 Å². The first-order valence-corrected chi connectivity index (χ1v) is 7.06. The fourth-order valence-electron chi connectivity index (χ4n) is 2.29. The summed E-state index contributed by atoms with van der Waals surface area (Å²) in [7, 11) is 4.35. The van der Waals surface area contributed by atoms with Gasteiger partial charge < -0.3 is 20.9 Å². The van der Waals surface area contributed by atoms with Gasteiger partial charge >= 0.3 is 0 Å². The number of aliphatic imine (C=N–C) groups is 1. The van der Waals surface area contributed by atoms with Crippen LogP contribution in [0.15, 0.2) is 4.99 Å². The summed E-state index contributed by atoms with van der Waals surface area (Å²) in [5.41, 5.74) is 5.75. The molecule has 0 amide bonds. The molecule has 1 aliphatic heterocycles. The molecule has 0 atom stereocenters. The first-order valence-electron chi connectivity index (χ1n) is 7.06. The number of nitrogens with one attached hydrogen (secondary N) is 1. The molecule has 18 heavy (non-hydrogen) atoms. The maximum atomic E-state index is 5.75. The van der Waals surface area contributed by atoms with Gasteiger partial charge in [-0.15, -0.1) is 0 Å². The lowest BCUT2D eigenvalue weighted by molar-refractivity contribution is 0.147. The summed E-state index contributed by atoms with van der Waals surface area (Å²) in [6.07, 6.45) is 3.58. The van der Waals surface area contributed by atoms with Crippen LogP contribution in [0.4, 0.5) is 0 Å². The number of hydrogen-bond acceptors (Lipinski definition) is 3. The van der Waals surface area contributed by atoms with Gasteiger partial charge in [0.05, 0.1) is 0 Å². The predicted molar refractivity (Wildman–Crippen MR) is 77.9 cm³/mol. The maximum absolute atomic E-state index is 5.75. The number of guanidine groups is 1. The standard InChI is InChI=1S/C13H29N5/c1-4-7-15-13(14)16-8-11-18-9-5-12(6-10-18)17(2)3/h12H,4-11H2,1-3H3,(H3,14,15,16). The van der Waals surface area contributed by atoms with E-state index in [9.17, 15) is 0 Å². The summed E-state index contributed by atoms with van der Waals surface area (Å²) < 4.78 is 0. The normalized spacial score (nSPS) is 19.4. The lowest BCUT2D eigenvalue weighted by Gasteiger charge is -2.35. The second kappa shape index (κ2) is 8.32. The number of rotatable bonds is 6. The topological polar surface area (TPSA) is 56.9 Å². The first-order chi connectivity index (χ1) is 8.63. The molecule has 1 heterocycles. The molecule has 0 spiro atoms. The highest BCUT2D eigenvalue weighted by Crippen LogP contribution is 2.13. The number of nitrogens with two attached hydrogens (primary N) is 1. The van der Waals surface area contributed by atoms with E-state index in [-0.39, 0.29) is 0 Å². The summed E-state index contributed by atoms with van der Waals surface area (Å²) in [6, 6.07) is 0.755. The quantitative estimate of drug-likeness (QED) is 0.530. The zero-order valence-electron chi connectivity index (χ0n) is 12.2. The van der Waals surface area contributed by atoms with Gasteiger partial charge in [-0.05, 0) is 46.4 Å². The van der Waals surface area contributed by atoms with Crippen molar-refractivity contribution < 1.29 is 0 Å². The van der Waals surface area contributed by atoms with Crippen LogP contribution in [-0.4, -0.2) is 68.6 Å². The Bertz CT molecular complexity index is 244. The van der Waals surface area contributed by atoms with Crippen molar-refractivity contribution in [3.63, 3.8) is 0 Å². The molecule has 1 saturated heterocycles. The monoisotopic (exact) mass is 255 g/mol. The molecule has 0 unspecified atom stereocenters. The number of piperidine rings is 1. The van der Waals surface area contributed by atoms with E-state index in [4.69, 9.17) is 5.73 Å². The molecular formula is C13H29N5. The third-order valence-electron chi connectivity index (χ3n) is 3.53. The lowest BCUT2D eigenvalue weighted by Crippen LogP contribution is -2.45. The molecule has 106 valence electrons. The Balaban J connectivity index is 2.11. The van der Waals surface area contributed by atoms with Crippen LogP contribution in [0.5, 0.6) is 0 Å². The van der Waals surface area contributed by atoms with Crippen LogP contribution in [0.25, 0.3) is 0 Å². The van der Waals surface area contributed by atoms with Crippen LogP contribution >= 0.6 is 0 Å². The smallest absolute Gasteiger partial charge is 0.188 e. The van der Waals surface area contributed by atoms with Gasteiger partial charge in [0.1, 0.15) is 0 Å². The Morgan fingerprint density at radius 2 is 2.06 bits per heavy atom. The summed E-state index contributed by atoms with van der Waals surface area (Å²) in [4.78, 5) is 9.06. The zero-order chi connectivity index (χ0) is 13.4. The van der Waals surface area contributed by atoms with E-state index in [0.717, 1.165) is 32.1 Å². The van der Waals surface area contributed by atoms with Crippen LogP contribution < -0.4 is 11.1 Å². The van der Waals surface area contributed by atoms with Crippen molar-refractivity contribution >= 4 is 5.96 Å². The first kappa shape index (κ1) is 15.2. The van der Waals surface area contributed by atoms with Gasteiger partial charge in [-0.1, -0.05) is 6.92 Å². The zero-order valence-corrected chi connectivity index (χ0v) is 12.2. The van der Waals surface area contributed by atoms with Crippen LogP contribution in [0.2, 0.25) is 0 Å². The molecule has 5 nitrogen and oxygen atoms in total. The minimum Gasteiger partial charge on any atom is -0.370 e. The second-order valence-corrected chi connectivity index (χ2v) is 5.23. The van der Waals surface area contributed by atoms with Crippen molar-refractivity contribution in [3.8, 4) is 0 Å². The van der Waals surface area contributed by atoms with Gasteiger partial charge in [0.15, 0.2) is 5.96 Å². The summed E-state index contributed by atoms with van der Waals surface area (Å²) >= 11 is 0. The summed E-state index contributed by atoms with van der Waals surface area (Å²) in [6.45, 7) is 7.25. The van der Waals surface area contributed by atoms with E-state index < -0.39 is 0 Å². The van der Waals surface area contributed by atoms with Gasteiger partial charge in [0.25, 0.3) is 0 Å². The molecule has 0 aromatic carbocycles. The van der Waals surface area contributed by atoms with Crippen LogP contribution in [0.1, 0.15) is 26.2 Å². The molecular weight excluding hydrogens is 226 g/mol. The summed E-state index contributed by atoms with van der Waals surface area (Å²) in [5.74, 6) is 0.583. The molecule has 0 radical (unpaired) electrons. The van der Waals surface area contributed by atoms with Gasteiger partial charge in [-0.3, -0.25) is 4.99 Å². The minimum absolute atomic E-state index is 0.583. The number of hydrogen-bond donors (Lipinski definition) is 2. The SMILES string of the molecule is CCCN=C(N)NCCN1CCC(N(C)C)CC1. The van der Waals surface area contributed by atoms with Gasteiger partial charge in [-0.2, -0.15) is 0 Å². The highest BCUT2D eigenvalue weighted by atomic mass is 15.2. The molecule has 0 aliphatic carbocycles. The van der Waals surface area contributed by atoms with E-state index in [0.29, 0.717) is 5.96 Å². The molecule has 0 saturated carbocycles. The predicted octanol–water partition coefficient (Wildman–Crippen LogP) is 0.327. The van der Waals surface area contributed by atoms with E-state index >= 15 is 0 Å². The molecule has 0 aromatic heterocycles. The van der Waals surface area contributed by atoms with Crippen molar-refractivity contribution in [2.75, 3.05) is 46.8 Å². The Hall–Kier alpha value is -0.810. The van der Waals surface area contributed by atoms with Crippen LogP contribution in [0.3, 0.4) is 0 Å². The Morgan fingerprint density at radius 3 is 2.61 bits per heavy atom. The molecule has 5 heteroatoms. The van der Waals surface area contributed by atoms with Gasteiger partial charge in [0, 0.05) is 25.7 Å². The summed E-state index contributed by atoms with van der Waals surface area (Å²) in [5, 5.41) is 3.17. The van der Waals surface area contributed by atoms with Crippen molar-refractivity contribution in [2.45, 2.75) is 32.2 Å². The third-order valence-corrected chi connectivity index (χ3v) is 3.53. The Kier molecular flexibility index (Phi) is 7.05. The van der Waals surface area contributed by atoms with Crippen molar-refractivity contribution in [3.05, 3.63) is 0 Å². The van der Waals surface area contributed by atoms with Crippen LogP contribution in [0, 0.1) is 0 Å². The average Bonchev–Trinajstić information content (AvgIpc) is 2.37. The molecule has 1 fully saturated rings. The van der Waals surface area contributed by atoms with E-state index in [1.54, 1.807) is 0 Å². The van der Waals surface area contributed by atoms with Crippen molar-refractivity contribution in [1.29, 1.82) is 0 Å². The van der Waals surface area contributed by atoms with Crippen LogP contribution in [-0.2, 0) is 0 Å². The highest BCUT2D eigenvalue weighted by Gasteiger charge is 2.19. The third kappa shape index (κ3) is 5.69. The maximum Gasteiger partial charge on any atom is 0.188 e. The molecule has 0 bridgehead atoms. The van der Waals surface area contributed by atoms with E-state index in [2.05, 4.69) is 41.1 Å². The van der Waals surface area contributed by atoms with Gasteiger partial charge in [0.2, 0.25) is 0 Å². The van der Waals surface area contributed by atoms with E-state index in [1.165, 1.54) is 25.9 Å². The Morgan fingerprint density at radius 1 is 1.39 bits per heavy atom.